The molecular formula is C15H14N2O. The van der Waals surface area contributed by atoms with Crippen LogP contribution in [0.25, 0.3) is 0 Å². The highest BCUT2D eigenvalue weighted by atomic mass is 16.2. The molecule has 1 aliphatic heterocycles. The largest absolute Gasteiger partial charge is 0.315 e. The van der Waals surface area contributed by atoms with Gasteiger partial charge in [0, 0.05) is 25.1 Å². The lowest BCUT2D eigenvalue weighted by molar-refractivity contribution is -0.119. The molecule has 0 radical (unpaired) electrons. The van der Waals surface area contributed by atoms with Crippen LogP contribution in [-0.4, -0.2) is 17.9 Å². The Labute approximate surface area is 106 Å². The summed E-state index contributed by atoms with van der Waals surface area (Å²) < 4.78 is 0. The number of aromatic nitrogens is 1. The number of rotatable bonds is 2. The van der Waals surface area contributed by atoms with Crippen LogP contribution < -0.4 is 4.90 Å². The minimum absolute atomic E-state index is 0.0737. The van der Waals surface area contributed by atoms with Crippen LogP contribution in [0.3, 0.4) is 0 Å². The van der Waals surface area contributed by atoms with Gasteiger partial charge in [0.05, 0.1) is 5.92 Å². The average molecular weight is 238 g/mol. The van der Waals surface area contributed by atoms with Crippen molar-refractivity contribution in [1.29, 1.82) is 0 Å². The molecule has 0 bridgehead atoms. The van der Waals surface area contributed by atoms with Gasteiger partial charge >= 0.3 is 0 Å². The minimum Gasteiger partial charge on any atom is -0.315 e. The third-order valence-corrected chi connectivity index (χ3v) is 3.46. The lowest BCUT2D eigenvalue weighted by atomic mass is 9.94. The molecular weight excluding hydrogens is 224 g/mol. The summed E-state index contributed by atoms with van der Waals surface area (Å²) in [5.41, 5.74) is 3.24. The van der Waals surface area contributed by atoms with E-state index in [0.29, 0.717) is 6.42 Å². The van der Waals surface area contributed by atoms with Crippen LogP contribution in [0.5, 0.6) is 0 Å². The fourth-order valence-corrected chi connectivity index (χ4v) is 2.52. The Bertz CT molecular complexity index is 580. The summed E-state index contributed by atoms with van der Waals surface area (Å²) in [6.45, 7) is 0. The third kappa shape index (κ3) is 1.68. The number of anilines is 1. The van der Waals surface area contributed by atoms with Gasteiger partial charge in [-0.05, 0) is 29.7 Å². The standard InChI is InChI=1S/C15H14N2O/c1-17-14-7-3-2-6-12(14)13(15(17)18)9-11-5-4-8-16-10-11/h2-8,10,13H,9H2,1H3. The van der Waals surface area contributed by atoms with E-state index in [4.69, 9.17) is 0 Å². The van der Waals surface area contributed by atoms with E-state index in [9.17, 15) is 4.79 Å². The number of pyridine rings is 1. The van der Waals surface area contributed by atoms with Crippen molar-refractivity contribution in [2.45, 2.75) is 12.3 Å². The zero-order valence-electron chi connectivity index (χ0n) is 10.2. The molecule has 2 heterocycles. The lowest BCUT2D eigenvalue weighted by Crippen LogP contribution is -2.24. The van der Waals surface area contributed by atoms with E-state index in [1.165, 1.54) is 0 Å². The summed E-state index contributed by atoms with van der Waals surface area (Å²) in [4.78, 5) is 18.1. The minimum atomic E-state index is -0.0737. The van der Waals surface area contributed by atoms with E-state index in [-0.39, 0.29) is 11.8 Å². The molecule has 1 atom stereocenters. The predicted molar refractivity (Wildman–Crippen MR) is 70.5 cm³/mol. The first-order valence-corrected chi connectivity index (χ1v) is 6.03. The van der Waals surface area contributed by atoms with Crippen LogP contribution in [-0.2, 0) is 11.2 Å². The summed E-state index contributed by atoms with van der Waals surface area (Å²) in [5.74, 6) is 0.0930. The molecule has 18 heavy (non-hydrogen) atoms. The van der Waals surface area contributed by atoms with Gasteiger partial charge in [-0.1, -0.05) is 24.3 Å². The van der Waals surface area contributed by atoms with Crippen LogP contribution in [0.1, 0.15) is 17.0 Å². The van der Waals surface area contributed by atoms with E-state index < -0.39 is 0 Å². The number of hydrogen-bond donors (Lipinski definition) is 0. The monoisotopic (exact) mass is 238 g/mol. The van der Waals surface area contributed by atoms with Gasteiger partial charge in [-0.15, -0.1) is 0 Å². The predicted octanol–water partition coefficient (Wildman–Crippen LogP) is 2.38. The van der Waals surface area contributed by atoms with Crippen molar-refractivity contribution >= 4 is 11.6 Å². The van der Waals surface area contributed by atoms with Gasteiger partial charge in [-0.2, -0.15) is 0 Å². The molecule has 1 aromatic carbocycles. The Kier molecular flexibility index (Phi) is 2.59. The van der Waals surface area contributed by atoms with Crippen molar-refractivity contribution in [3.05, 3.63) is 59.9 Å². The third-order valence-electron chi connectivity index (χ3n) is 3.46. The lowest BCUT2D eigenvalue weighted by Gasteiger charge is -2.10. The summed E-state index contributed by atoms with van der Waals surface area (Å²) >= 11 is 0. The van der Waals surface area contributed by atoms with Crippen molar-refractivity contribution in [3.8, 4) is 0 Å². The molecule has 3 rings (SSSR count). The number of amides is 1. The number of fused-ring (bicyclic) bond motifs is 1. The van der Waals surface area contributed by atoms with Crippen LogP contribution in [0.4, 0.5) is 5.69 Å². The number of nitrogens with zero attached hydrogens (tertiary/aromatic N) is 2. The number of carbonyl (C=O) groups excluding carboxylic acids is 1. The normalized spacial score (nSPS) is 17.9. The first-order valence-electron chi connectivity index (χ1n) is 6.03. The van der Waals surface area contributed by atoms with Crippen molar-refractivity contribution in [3.63, 3.8) is 0 Å². The van der Waals surface area contributed by atoms with Crippen molar-refractivity contribution in [2.75, 3.05) is 11.9 Å². The Morgan fingerprint density at radius 3 is 2.83 bits per heavy atom. The van der Waals surface area contributed by atoms with Gasteiger partial charge in [0.1, 0.15) is 0 Å². The SMILES string of the molecule is CN1C(=O)C(Cc2cccnc2)c2ccccc21. The van der Waals surface area contributed by atoms with E-state index in [0.717, 1.165) is 16.8 Å². The number of carbonyl (C=O) groups is 1. The van der Waals surface area contributed by atoms with E-state index in [1.54, 1.807) is 11.1 Å². The molecule has 1 aromatic heterocycles. The van der Waals surface area contributed by atoms with Gasteiger partial charge in [0.15, 0.2) is 0 Å². The summed E-state index contributed by atoms with van der Waals surface area (Å²) in [5, 5.41) is 0. The van der Waals surface area contributed by atoms with Crippen LogP contribution >= 0.6 is 0 Å². The number of para-hydroxylation sites is 1. The van der Waals surface area contributed by atoms with Crippen LogP contribution in [0, 0.1) is 0 Å². The highest BCUT2D eigenvalue weighted by Gasteiger charge is 2.34. The van der Waals surface area contributed by atoms with Gasteiger partial charge in [0.25, 0.3) is 0 Å². The Morgan fingerprint density at radius 2 is 2.06 bits per heavy atom. The first-order chi connectivity index (χ1) is 8.77. The second-order valence-corrected chi connectivity index (χ2v) is 4.57. The molecule has 0 spiro atoms. The van der Waals surface area contributed by atoms with Gasteiger partial charge < -0.3 is 4.90 Å². The zero-order chi connectivity index (χ0) is 12.5. The van der Waals surface area contributed by atoms with Gasteiger partial charge in [0.2, 0.25) is 5.91 Å². The fourth-order valence-electron chi connectivity index (χ4n) is 2.52. The van der Waals surface area contributed by atoms with E-state index in [2.05, 4.69) is 4.98 Å². The summed E-state index contributed by atoms with van der Waals surface area (Å²) in [7, 11) is 1.84. The van der Waals surface area contributed by atoms with Crippen molar-refractivity contribution in [2.24, 2.45) is 0 Å². The van der Waals surface area contributed by atoms with E-state index in [1.807, 2.05) is 49.6 Å². The Hall–Kier alpha value is -2.16. The van der Waals surface area contributed by atoms with Gasteiger partial charge in [-0.3, -0.25) is 9.78 Å². The topological polar surface area (TPSA) is 33.2 Å². The maximum Gasteiger partial charge on any atom is 0.234 e. The van der Waals surface area contributed by atoms with Crippen LogP contribution in [0.2, 0.25) is 0 Å². The average Bonchev–Trinajstić information content (AvgIpc) is 2.66. The Morgan fingerprint density at radius 1 is 1.22 bits per heavy atom. The number of hydrogen-bond acceptors (Lipinski definition) is 2. The number of benzene rings is 1. The number of likely N-dealkylation sites (N-methyl/N-ethyl adjacent to an activating group) is 1. The summed E-state index contributed by atoms with van der Waals surface area (Å²) in [6, 6.07) is 11.9. The molecule has 1 unspecified atom stereocenters. The molecule has 2 aromatic rings. The van der Waals surface area contributed by atoms with E-state index >= 15 is 0 Å². The zero-order valence-corrected chi connectivity index (χ0v) is 10.2. The van der Waals surface area contributed by atoms with Crippen molar-refractivity contribution < 1.29 is 4.79 Å². The first kappa shape index (κ1) is 11.0. The molecule has 0 saturated heterocycles. The van der Waals surface area contributed by atoms with Gasteiger partial charge in [-0.25, -0.2) is 0 Å². The van der Waals surface area contributed by atoms with Crippen LogP contribution in [0.15, 0.2) is 48.8 Å². The molecule has 3 heteroatoms. The summed E-state index contributed by atoms with van der Waals surface area (Å²) in [6.07, 6.45) is 4.29. The quantitative estimate of drug-likeness (QED) is 0.804. The molecule has 1 amide bonds. The molecule has 0 N–H and O–H groups in total. The smallest absolute Gasteiger partial charge is 0.234 e. The molecule has 1 aliphatic rings. The second kappa shape index (κ2) is 4.26. The Balaban J connectivity index is 1.96. The highest BCUT2D eigenvalue weighted by molar-refractivity contribution is 6.04. The maximum absolute atomic E-state index is 12.3. The highest BCUT2D eigenvalue weighted by Crippen LogP contribution is 2.37. The molecule has 3 nitrogen and oxygen atoms in total. The van der Waals surface area contributed by atoms with Crippen molar-refractivity contribution in [1.82, 2.24) is 4.98 Å². The maximum atomic E-state index is 12.3. The molecule has 0 aliphatic carbocycles. The fraction of sp³-hybridized carbons (Fsp3) is 0.200. The molecule has 0 saturated carbocycles. The molecule has 0 fully saturated rings. The second-order valence-electron chi connectivity index (χ2n) is 4.57. The molecule has 90 valence electrons.